The van der Waals surface area contributed by atoms with E-state index in [4.69, 9.17) is 22.6 Å². The van der Waals surface area contributed by atoms with E-state index >= 15 is 0 Å². The SMILES string of the molecule is CCOC(=O)Cl.N#Cc1cc(-c2ccccc2)ccc1N.O=c1nc(-c2ccccc2)c2cc(-c3ccccc3)ccc2[nH]1.[Br-].[Mg+2].[c-]1ccccc1. The van der Waals surface area contributed by atoms with E-state index in [2.05, 4.69) is 45.0 Å². The number of rotatable bonds is 4. The van der Waals surface area contributed by atoms with Crippen molar-refractivity contribution >= 4 is 56.7 Å². The first kappa shape index (κ1) is 42.9. The van der Waals surface area contributed by atoms with Crippen molar-refractivity contribution in [2.75, 3.05) is 12.3 Å². The zero-order valence-corrected chi connectivity index (χ0v) is 32.1. The number of benzene rings is 6. The van der Waals surface area contributed by atoms with Gasteiger partial charge in [-0.05, 0) is 53.4 Å². The van der Waals surface area contributed by atoms with E-state index in [0.29, 0.717) is 23.6 Å². The molecule has 3 N–H and O–H groups in total. The summed E-state index contributed by atoms with van der Waals surface area (Å²) in [5, 5.41) is 9.80. The molecule has 6 aromatic carbocycles. The molecule has 0 atom stereocenters. The van der Waals surface area contributed by atoms with Crippen LogP contribution in [-0.4, -0.2) is 45.1 Å². The number of nitrogens with zero attached hydrogens (tertiary/aromatic N) is 2. The summed E-state index contributed by atoms with van der Waals surface area (Å²) in [5.41, 5.74) is 12.4. The predicted molar refractivity (Wildman–Crippen MR) is 208 cm³/mol. The summed E-state index contributed by atoms with van der Waals surface area (Å²) in [5.74, 6) is 0. The van der Waals surface area contributed by atoms with Crippen LogP contribution in [0.2, 0.25) is 0 Å². The second-order valence-corrected chi connectivity index (χ2v) is 10.7. The van der Waals surface area contributed by atoms with Gasteiger partial charge in [0, 0.05) is 28.2 Å². The molecule has 7 nitrogen and oxygen atoms in total. The third-order valence-corrected chi connectivity index (χ3v) is 7.14. The van der Waals surface area contributed by atoms with Crippen molar-refractivity contribution in [1.82, 2.24) is 9.97 Å². The van der Waals surface area contributed by atoms with Crippen LogP contribution in [0.5, 0.6) is 0 Å². The first-order valence-corrected chi connectivity index (χ1v) is 16.0. The molecule has 7 rings (SSSR count). The van der Waals surface area contributed by atoms with E-state index in [1.165, 1.54) is 0 Å². The zero-order valence-electron chi connectivity index (χ0n) is 28.4. The van der Waals surface area contributed by atoms with Gasteiger partial charge in [0.05, 0.1) is 23.4 Å². The Labute approximate surface area is 335 Å². The maximum atomic E-state index is 11.9. The Morgan fingerprint density at radius 3 is 1.71 bits per heavy atom. The van der Waals surface area contributed by atoms with Crippen LogP contribution in [0.4, 0.5) is 10.5 Å². The first-order valence-electron chi connectivity index (χ1n) is 15.6. The Bertz CT molecular complexity index is 2170. The molecule has 0 aliphatic rings. The number of carbonyl (C=O) groups excluding carboxylic acids is 1. The molecule has 1 heterocycles. The first-order chi connectivity index (χ1) is 24.4. The molecule has 0 aliphatic carbocycles. The van der Waals surface area contributed by atoms with Gasteiger partial charge < -0.3 is 32.4 Å². The molecule has 256 valence electrons. The van der Waals surface area contributed by atoms with Gasteiger partial charge in [-0.3, -0.25) is 0 Å². The minimum absolute atomic E-state index is 0. The van der Waals surface area contributed by atoms with E-state index < -0.39 is 5.43 Å². The van der Waals surface area contributed by atoms with Gasteiger partial charge in [0.2, 0.25) is 0 Å². The summed E-state index contributed by atoms with van der Waals surface area (Å²) in [6.07, 6.45) is 0. The third kappa shape index (κ3) is 13.5. The van der Waals surface area contributed by atoms with E-state index in [1.54, 1.807) is 13.0 Å². The fraction of sp³-hybridized carbons (Fsp3) is 0.0476. The molecule has 52 heavy (non-hydrogen) atoms. The average molecular weight is 782 g/mol. The number of nitriles is 1. The van der Waals surface area contributed by atoms with Crippen molar-refractivity contribution in [2.24, 2.45) is 0 Å². The molecular formula is C42H34BrClMgN4O3. The number of halogens is 2. The summed E-state index contributed by atoms with van der Waals surface area (Å²) in [7, 11) is 0. The molecule has 1 aromatic heterocycles. The van der Waals surface area contributed by atoms with Gasteiger partial charge in [0.1, 0.15) is 6.07 Å². The Hall–Kier alpha value is -5.24. The van der Waals surface area contributed by atoms with Crippen LogP contribution < -0.4 is 28.4 Å². The van der Waals surface area contributed by atoms with E-state index in [0.717, 1.165) is 38.7 Å². The molecular weight excluding hydrogens is 748 g/mol. The van der Waals surface area contributed by atoms with Gasteiger partial charge >= 0.3 is 34.2 Å². The van der Waals surface area contributed by atoms with Crippen molar-refractivity contribution in [3.05, 3.63) is 180 Å². The number of carbonyl (C=O) groups is 1. The molecule has 0 amide bonds. The van der Waals surface area contributed by atoms with Gasteiger partial charge in [-0.2, -0.15) is 46.6 Å². The zero-order chi connectivity index (χ0) is 35.6. The number of anilines is 1. The fourth-order valence-electron chi connectivity index (χ4n) is 4.70. The standard InChI is InChI=1S/C20H14N2O.C13H10N2.C6H5.C3H5ClO2.BrH.Mg/c23-20-21-18-12-11-16(14-7-3-1-4-8-14)13-17(18)19(22-20)15-9-5-2-6-10-15;14-9-12-8-11(6-7-13(12)15)10-4-2-1-3-5-10;1-2-4-6-5-3-1;1-2-6-3(4)5;;/h1-13H,(H,21,22,23);1-8H,15H2;1-5H;2H2,1H3;1H;/q;;-1;;;+2/p-1. The molecule has 7 aromatic rings. The number of H-pyrrole nitrogens is 1. The summed E-state index contributed by atoms with van der Waals surface area (Å²) in [4.78, 5) is 28.5. The Morgan fingerprint density at radius 2 is 1.27 bits per heavy atom. The van der Waals surface area contributed by atoms with Crippen LogP contribution in [0.1, 0.15) is 12.5 Å². The smallest absolute Gasteiger partial charge is 1.00 e. The van der Waals surface area contributed by atoms with Crippen molar-refractivity contribution in [1.29, 1.82) is 5.26 Å². The van der Waals surface area contributed by atoms with Crippen LogP contribution >= 0.6 is 11.6 Å². The number of fused-ring (bicyclic) bond motifs is 1. The Kier molecular flexibility index (Phi) is 19.2. The van der Waals surface area contributed by atoms with Gasteiger partial charge in [0.25, 0.3) is 0 Å². The second kappa shape index (κ2) is 23.3. The quantitative estimate of drug-likeness (QED) is 0.0904. The van der Waals surface area contributed by atoms with Gasteiger partial charge in [-0.15, -0.1) is 0 Å². The molecule has 0 spiro atoms. The molecule has 10 heteroatoms. The summed E-state index contributed by atoms with van der Waals surface area (Å²) >= 11 is 4.72. The van der Waals surface area contributed by atoms with Crippen LogP contribution in [0.25, 0.3) is 44.4 Å². The number of hydrogen-bond donors (Lipinski definition) is 2. The molecule has 0 radical (unpaired) electrons. The number of nitrogen functional groups attached to an aromatic ring is 1. The normalized spacial score (nSPS) is 9.33. The number of aromatic nitrogens is 2. The van der Waals surface area contributed by atoms with Crippen LogP contribution in [0, 0.1) is 17.4 Å². The largest absolute Gasteiger partial charge is 2.00 e. The maximum Gasteiger partial charge on any atom is 2.00 e. The fourth-order valence-corrected chi connectivity index (χ4v) is 4.81. The number of nitrogens with one attached hydrogen (secondary N) is 1. The monoisotopic (exact) mass is 780 g/mol. The topological polar surface area (TPSA) is 122 Å². The molecule has 0 fully saturated rings. The summed E-state index contributed by atoms with van der Waals surface area (Å²) in [6.45, 7) is 2.04. The number of nitrogens with two attached hydrogens (primary N) is 1. The predicted octanol–water partition coefficient (Wildman–Crippen LogP) is 6.56. The average Bonchev–Trinajstić information content (AvgIpc) is 3.17. The van der Waals surface area contributed by atoms with E-state index in [-0.39, 0.29) is 45.7 Å². The number of hydrogen-bond acceptors (Lipinski definition) is 6. The van der Waals surface area contributed by atoms with E-state index in [1.807, 2.05) is 133 Å². The van der Waals surface area contributed by atoms with Crippen molar-refractivity contribution < 1.29 is 26.5 Å². The van der Waals surface area contributed by atoms with Crippen molar-refractivity contribution in [2.45, 2.75) is 6.92 Å². The van der Waals surface area contributed by atoms with Gasteiger partial charge in [-0.1, -0.05) is 103 Å². The minimum atomic E-state index is -0.738. The second-order valence-electron chi connectivity index (χ2n) is 10.4. The van der Waals surface area contributed by atoms with Crippen LogP contribution in [-0.2, 0) is 4.74 Å². The number of ether oxygens (including phenoxy) is 1. The molecule has 0 saturated heterocycles. The van der Waals surface area contributed by atoms with Crippen LogP contribution in [0.15, 0.2) is 163 Å². The molecule has 0 aliphatic heterocycles. The molecule has 0 saturated carbocycles. The molecule has 0 unspecified atom stereocenters. The summed E-state index contributed by atoms with van der Waals surface area (Å²) in [6, 6.07) is 56.0. The van der Waals surface area contributed by atoms with Crippen LogP contribution in [0.3, 0.4) is 0 Å². The van der Waals surface area contributed by atoms with Gasteiger partial charge in [-0.25, -0.2) is 9.59 Å². The Morgan fingerprint density at radius 1 is 0.769 bits per heavy atom. The van der Waals surface area contributed by atoms with E-state index in [9.17, 15) is 9.59 Å². The van der Waals surface area contributed by atoms with Gasteiger partial charge in [0.15, 0.2) is 0 Å². The number of aromatic amines is 1. The summed E-state index contributed by atoms with van der Waals surface area (Å²) < 4.78 is 4.17. The minimum Gasteiger partial charge on any atom is -1.00 e. The molecule has 0 bridgehead atoms. The Balaban J connectivity index is 0.000000277. The van der Waals surface area contributed by atoms with Crippen molar-refractivity contribution in [3.8, 4) is 39.6 Å². The van der Waals surface area contributed by atoms with Crippen molar-refractivity contribution in [3.63, 3.8) is 0 Å². The third-order valence-electron chi connectivity index (χ3n) is 7.03. The maximum absolute atomic E-state index is 11.9.